The van der Waals surface area contributed by atoms with E-state index >= 15 is 0 Å². The minimum atomic E-state index is -0.0849. The van der Waals surface area contributed by atoms with E-state index in [-0.39, 0.29) is 11.5 Å². The van der Waals surface area contributed by atoms with Gasteiger partial charge in [-0.1, -0.05) is 25.7 Å². The fourth-order valence-electron chi connectivity index (χ4n) is 2.43. The molecule has 2 aliphatic carbocycles. The first-order valence-electron chi connectivity index (χ1n) is 7.26. The molecule has 1 unspecified atom stereocenters. The summed E-state index contributed by atoms with van der Waals surface area (Å²) in [6.07, 6.45) is 9.02. The molecule has 1 N–H and O–H groups in total. The summed E-state index contributed by atoms with van der Waals surface area (Å²) >= 11 is 0. The van der Waals surface area contributed by atoms with Crippen LogP contribution in [0.1, 0.15) is 65.7 Å². The van der Waals surface area contributed by atoms with Gasteiger partial charge in [0.15, 0.2) is 0 Å². The first kappa shape index (κ1) is 12.9. The molecule has 2 aliphatic rings. The van der Waals surface area contributed by atoms with Gasteiger partial charge in [0.25, 0.3) is 0 Å². The van der Waals surface area contributed by atoms with Gasteiger partial charge in [-0.15, -0.1) is 0 Å². The molecule has 1 atom stereocenters. The topological polar surface area (TPSA) is 29.1 Å². The standard InChI is InChI=1S/C15H27NO/c1-15(2,3)16-14(17)13(10-12-6-7-12)9-8-11-4-5-11/h11-13H,4-10H2,1-3H3,(H,16,17). The molecule has 98 valence electrons. The van der Waals surface area contributed by atoms with Crippen molar-refractivity contribution in [2.75, 3.05) is 0 Å². The van der Waals surface area contributed by atoms with Crippen molar-refractivity contribution in [2.24, 2.45) is 17.8 Å². The maximum atomic E-state index is 12.2. The Kier molecular flexibility index (Phi) is 3.79. The van der Waals surface area contributed by atoms with E-state index in [4.69, 9.17) is 0 Å². The second-order valence-corrected chi connectivity index (χ2v) is 7.14. The van der Waals surface area contributed by atoms with Gasteiger partial charge in [-0.05, 0) is 51.9 Å². The summed E-state index contributed by atoms with van der Waals surface area (Å²) in [5.41, 5.74) is -0.0849. The third-order valence-corrected chi connectivity index (χ3v) is 3.80. The van der Waals surface area contributed by atoms with E-state index in [1.165, 1.54) is 32.1 Å². The third-order valence-electron chi connectivity index (χ3n) is 3.80. The molecule has 2 fully saturated rings. The highest BCUT2D eigenvalue weighted by molar-refractivity contribution is 5.79. The second-order valence-electron chi connectivity index (χ2n) is 7.14. The van der Waals surface area contributed by atoms with E-state index in [2.05, 4.69) is 26.1 Å². The lowest BCUT2D eigenvalue weighted by atomic mass is 9.93. The summed E-state index contributed by atoms with van der Waals surface area (Å²) in [6.45, 7) is 6.21. The Labute approximate surface area is 106 Å². The smallest absolute Gasteiger partial charge is 0.223 e. The van der Waals surface area contributed by atoms with Crippen molar-refractivity contribution in [3.8, 4) is 0 Å². The quantitative estimate of drug-likeness (QED) is 0.752. The Morgan fingerprint density at radius 3 is 2.24 bits per heavy atom. The van der Waals surface area contributed by atoms with Crippen molar-refractivity contribution in [1.82, 2.24) is 5.32 Å². The van der Waals surface area contributed by atoms with Crippen LogP contribution in [0.3, 0.4) is 0 Å². The Balaban J connectivity index is 1.80. The number of hydrogen-bond donors (Lipinski definition) is 1. The number of amides is 1. The molecule has 0 saturated heterocycles. The molecule has 2 saturated carbocycles. The molecule has 0 aliphatic heterocycles. The molecular formula is C15H27NO. The van der Waals surface area contributed by atoms with Crippen molar-refractivity contribution in [1.29, 1.82) is 0 Å². The van der Waals surface area contributed by atoms with Gasteiger partial charge in [0.05, 0.1) is 0 Å². The lowest BCUT2D eigenvalue weighted by molar-refractivity contribution is -0.127. The zero-order valence-electron chi connectivity index (χ0n) is 11.6. The number of carbonyl (C=O) groups excluding carboxylic acids is 1. The Hall–Kier alpha value is -0.530. The minimum Gasteiger partial charge on any atom is -0.351 e. The molecule has 0 spiro atoms. The van der Waals surface area contributed by atoms with Gasteiger partial charge >= 0.3 is 0 Å². The van der Waals surface area contributed by atoms with Crippen LogP contribution in [0.15, 0.2) is 0 Å². The summed E-state index contributed by atoms with van der Waals surface area (Å²) < 4.78 is 0. The van der Waals surface area contributed by atoms with Crippen molar-refractivity contribution < 1.29 is 4.79 Å². The van der Waals surface area contributed by atoms with E-state index in [0.717, 1.165) is 24.7 Å². The van der Waals surface area contributed by atoms with Crippen LogP contribution in [0.5, 0.6) is 0 Å². The van der Waals surface area contributed by atoms with E-state index < -0.39 is 0 Å². The molecule has 2 rings (SSSR count). The highest BCUT2D eigenvalue weighted by atomic mass is 16.2. The predicted molar refractivity (Wildman–Crippen MR) is 70.7 cm³/mol. The third kappa shape index (κ3) is 5.10. The molecule has 0 aromatic heterocycles. The van der Waals surface area contributed by atoms with E-state index in [9.17, 15) is 4.79 Å². The van der Waals surface area contributed by atoms with Crippen LogP contribution in [0.2, 0.25) is 0 Å². The lowest BCUT2D eigenvalue weighted by Crippen LogP contribution is -2.44. The first-order valence-corrected chi connectivity index (χ1v) is 7.26. The van der Waals surface area contributed by atoms with Gasteiger partial charge in [0.2, 0.25) is 5.91 Å². The highest BCUT2D eigenvalue weighted by Crippen LogP contribution is 2.39. The average Bonchev–Trinajstić information content (AvgIpc) is 3.04. The first-order chi connectivity index (χ1) is 7.94. The minimum absolute atomic E-state index is 0.0849. The summed E-state index contributed by atoms with van der Waals surface area (Å²) in [6, 6.07) is 0. The van der Waals surface area contributed by atoms with Crippen molar-refractivity contribution in [3.63, 3.8) is 0 Å². The number of carbonyl (C=O) groups is 1. The molecule has 0 aromatic rings. The molecule has 17 heavy (non-hydrogen) atoms. The predicted octanol–water partition coefficient (Wildman–Crippen LogP) is 3.51. The molecule has 0 heterocycles. The summed E-state index contributed by atoms with van der Waals surface area (Å²) in [4.78, 5) is 12.2. The molecule has 0 radical (unpaired) electrons. The monoisotopic (exact) mass is 237 g/mol. The van der Waals surface area contributed by atoms with Gasteiger partial charge in [0.1, 0.15) is 0 Å². The SMILES string of the molecule is CC(C)(C)NC(=O)C(CCC1CC1)CC1CC1. The van der Waals surface area contributed by atoms with E-state index in [1.807, 2.05) is 0 Å². The van der Waals surface area contributed by atoms with Crippen LogP contribution in [0.25, 0.3) is 0 Å². The summed E-state index contributed by atoms with van der Waals surface area (Å²) in [5.74, 6) is 2.37. The van der Waals surface area contributed by atoms with Crippen LogP contribution in [-0.4, -0.2) is 11.4 Å². The zero-order valence-corrected chi connectivity index (χ0v) is 11.6. The van der Waals surface area contributed by atoms with Crippen LogP contribution in [-0.2, 0) is 4.79 Å². The maximum absolute atomic E-state index is 12.2. The molecule has 2 nitrogen and oxygen atoms in total. The molecule has 0 aromatic carbocycles. The van der Waals surface area contributed by atoms with Gasteiger partial charge in [0, 0.05) is 11.5 Å². The van der Waals surface area contributed by atoms with Crippen molar-refractivity contribution in [3.05, 3.63) is 0 Å². The Bertz CT molecular complexity index is 271. The number of hydrogen-bond acceptors (Lipinski definition) is 1. The average molecular weight is 237 g/mol. The zero-order chi connectivity index (χ0) is 12.5. The van der Waals surface area contributed by atoms with Crippen molar-refractivity contribution in [2.45, 2.75) is 71.3 Å². The molecular weight excluding hydrogens is 210 g/mol. The van der Waals surface area contributed by atoms with Crippen LogP contribution < -0.4 is 5.32 Å². The normalized spacial score (nSPS) is 22.3. The van der Waals surface area contributed by atoms with Crippen LogP contribution >= 0.6 is 0 Å². The van der Waals surface area contributed by atoms with Crippen molar-refractivity contribution >= 4 is 5.91 Å². The van der Waals surface area contributed by atoms with Gasteiger partial charge < -0.3 is 5.32 Å². The number of nitrogens with one attached hydrogen (secondary N) is 1. The molecule has 2 heteroatoms. The van der Waals surface area contributed by atoms with Gasteiger partial charge in [-0.2, -0.15) is 0 Å². The Morgan fingerprint density at radius 2 is 1.76 bits per heavy atom. The van der Waals surface area contributed by atoms with E-state index in [0.29, 0.717) is 5.91 Å². The Morgan fingerprint density at radius 1 is 1.18 bits per heavy atom. The summed E-state index contributed by atoms with van der Waals surface area (Å²) in [7, 11) is 0. The van der Waals surface area contributed by atoms with Gasteiger partial charge in [-0.25, -0.2) is 0 Å². The fourth-order valence-corrected chi connectivity index (χ4v) is 2.43. The van der Waals surface area contributed by atoms with Crippen LogP contribution in [0.4, 0.5) is 0 Å². The van der Waals surface area contributed by atoms with Gasteiger partial charge in [-0.3, -0.25) is 4.79 Å². The fraction of sp³-hybridized carbons (Fsp3) is 0.933. The maximum Gasteiger partial charge on any atom is 0.223 e. The molecule has 1 amide bonds. The lowest BCUT2D eigenvalue weighted by Gasteiger charge is -2.25. The van der Waals surface area contributed by atoms with Crippen LogP contribution in [0, 0.1) is 17.8 Å². The van der Waals surface area contributed by atoms with E-state index in [1.54, 1.807) is 0 Å². The second kappa shape index (κ2) is 4.99. The number of rotatable bonds is 6. The largest absolute Gasteiger partial charge is 0.351 e. The molecule has 0 bridgehead atoms. The summed E-state index contributed by atoms with van der Waals surface area (Å²) in [5, 5.41) is 3.16. The highest BCUT2D eigenvalue weighted by Gasteiger charge is 2.32.